The van der Waals surface area contributed by atoms with Gasteiger partial charge in [-0.2, -0.15) is 15.0 Å². The van der Waals surface area contributed by atoms with Gasteiger partial charge in [-0.3, -0.25) is 0 Å². The van der Waals surface area contributed by atoms with Gasteiger partial charge < -0.3 is 14.5 Å². The molecule has 0 bridgehead atoms. The summed E-state index contributed by atoms with van der Waals surface area (Å²) in [7, 11) is -2.54. The highest BCUT2D eigenvalue weighted by Gasteiger charge is 2.15. The van der Waals surface area contributed by atoms with Crippen LogP contribution in [0.5, 0.6) is 11.6 Å². The molecule has 2 aromatic heterocycles. The molecule has 34 heavy (non-hydrogen) atoms. The topological polar surface area (TPSA) is 178 Å². The molecule has 1 amide bonds. The number of nitrogens with zero attached hydrogens (tertiary/aromatic N) is 6. The van der Waals surface area contributed by atoms with Crippen molar-refractivity contribution in [1.29, 1.82) is 0 Å². The van der Waals surface area contributed by atoms with Crippen LogP contribution in [0, 0.1) is 0 Å². The number of aromatic amines is 1. The van der Waals surface area contributed by atoms with Gasteiger partial charge in [0, 0.05) is 7.05 Å². The number of benzene rings is 2. The van der Waals surface area contributed by atoms with Crippen molar-refractivity contribution < 1.29 is 22.7 Å². The van der Waals surface area contributed by atoms with Crippen molar-refractivity contribution in [1.82, 2.24) is 24.9 Å². The molecule has 2 aromatic carbocycles. The number of rotatable bonds is 7. The molecular weight excluding hydrogens is 464 g/mol. The average molecular weight is 482 g/mol. The summed E-state index contributed by atoms with van der Waals surface area (Å²) in [6, 6.07) is 14.5. The third kappa shape index (κ3) is 5.48. The van der Waals surface area contributed by atoms with Gasteiger partial charge in [0.1, 0.15) is 17.9 Å². The van der Waals surface area contributed by atoms with E-state index >= 15 is 0 Å². The van der Waals surface area contributed by atoms with E-state index in [-0.39, 0.29) is 29.1 Å². The highest BCUT2D eigenvalue weighted by atomic mass is 32.2. The van der Waals surface area contributed by atoms with Crippen LogP contribution in [0.2, 0.25) is 0 Å². The molecule has 0 aliphatic rings. The number of sulfonamides is 1. The summed E-state index contributed by atoms with van der Waals surface area (Å²) < 4.78 is 33.5. The molecule has 0 radical (unpaired) electrons. The van der Waals surface area contributed by atoms with Crippen LogP contribution in [-0.2, 0) is 16.6 Å². The molecule has 0 saturated heterocycles. The summed E-state index contributed by atoms with van der Waals surface area (Å²) in [6.07, 6.45) is 0.564. The fourth-order valence-corrected chi connectivity index (χ4v) is 3.19. The highest BCUT2D eigenvalue weighted by molar-refractivity contribution is 7.89. The summed E-state index contributed by atoms with van der Waals surface area (Å²) in [6.45, 7) is 0.263. The molecule has 0 aliphatic carbocycles. The molecular formula is C20H18N8O5S. The summed E-state index contributed by atoms with van der Waals surface area (Å²) in [5.74, 6) is 0.227. The van der Waals surface area contributed by atoms with Crippen LogP contribution < -0.4 is 14.6 Å². The Labute approximate surface area is 193 Å². The SMILES string of the molecule is CN(N=Nc1nc(OCc2ccccc2)c2[nH]cnc2n1)C(=O)Oc1ccc(S(N)(=O)=O)cc1. The number of imidazole rings is 1. The first-order valence-electron chi connectivity index (χ1n) is 9.67. The number of ether oxygens (including phenoxy) is 2. The third-order valence-corrected chi connectivity index (χ3v) is 5.28. The minimum absolute atomic E-state index is 0.0835. The second-order valence-corrected chi connectivity index (χ2v) is 8.36. The Hall–Kier alpha value is -4.43. The lowest BCUT2D eigenvalue weighted by molar-refractivity contribution is 0.161. The maximum atomic E-state index is 12.2. The summed E-state index contributed by atoms with van der Waals surface area (Å²) in [4.78, 5) is 27.5. The zero-order valence-corrected chi connectivity index (χ0v) is 18.5. The number of primary sulfonamides is 1. The van der Waals surface area contributed by atoms with E-state index in [9.17, 15) is 13.2 Å². The lowest BCUT2D eigenvalue weighted by Gasteiger charge is -2.10. The van der Waals surface area contributed by atoms with E-state index in [1.807, 2.05) is 30.3 Å². The summed E-state index contributed by atoms with van der Waals surface area (Å²) in [5, 5.41) is 13.5. The number of aromatic nitrogens is 4. The molecule has 4 rings (SSSR count). The van der Waals surface area contributed by atoms with Crippen molar-refractivity contribution in [2.24, 2.45) is 15.5 Å². The quantitative estimate of drug-likeness (QED) is 0.298. The van der Waals surface area contributed by atoms with E-state index in [1.54, 1.807) is 0 Å². The fraction of sp³-hybridized carbons (Fsp3) is 0.100. The fourth-order valence-electron chi connectivity index (χ4n) is 2.68. The van der Waals surface area contributed by atoms with Gasteiger partial charge in [0.15, 0.2) is 5.65 Å². The van der Waals surface area contributed by atoms with Crippen molar-refractivity contribution in [3.63, 3.8) is 0 Å². The van der Waals surface area contributed by atoms with Crippen LogP contribution in [-0.4, -0.2) is 46.5 Å². The van der Waals surface area contributed by atoms with Crippen molar-refractivity contribution >= 4 is 33.2 Å². The molecule has 0 atom stereocenters. The number of H-pyrrole nitrogens is 1. The first kappa shape index (κ1) is 22.8. The van der Waals surface area contributed by atoms with Crippen LogP contribution in [0.4, 0.5) is 10.7 Å². The molecule has 14 heteroatoms. The van der Waals surface area contributed by atoms with Crippen molar-refractivity contribution in [2.45, 2.75) is 11.5 Å². The molecule has 0 saturated carbocycles. The number of fused-ring (bicyclic) bond motifs is 1. The third-order valence-electron chi connectivity index (χ3n) is 4.35. The minimum atomic E-state index is -3.85. The van der Waals surface area contributed by atoms with E-state index in [0.717, 1.165) is 10.6 Å². The Kier molecular flexibility index (Phi) is 6.42. The molecule has 4 aromatic rings. The van der Waals surface area contributed by atoms with Crippen LogP contribution in [0.15, 0.2) is 76.2 Å². The summed E-state index contributed by atoms with van der Waals surface area (Å²) in [5.41, 5.74) is 1.74. The molecule has 174 valence electrons. The van der Waals surface area contributed by atoms with E-state index in [2.05, 4.69) is 30.3 Å². The maximum Gasteiger partial charge on any atom is 0.436 e. The largest absolute Gasteiger partial charge is 0.471 e. The predicted molar refractivity (Wildman–Crippen MR) is 119 cm³/mol. The van der Waals surface area contributed by atoms with E-state index in [1.165, 1.54) is 37.6 Å². The molecule has 0 fully saturated rings. The number of nitrogens with two attached hydrogens (primary N) is 1. The second-order valence-electron chi connectivity index (χ2n) is 6.80. The molecule has 0 unspecified atom stereocenters. The van der Waals surface area contributed by atoms with Gasteiger partial charge in [0.2, 0.25) is 15.9 Å². The Morgan fingerprint density at radius 1 is 1.12 bits per heavy atom. The Bertz CT molecular complexity index is 1440. The smallest absolute Gasteiger partial charge is 0.436 e. The number of nitrogens with one attached hydrogen (secondary N) is 1. The second kappa shape index (κ2) is 9.60. The number of hydrogen-bond donors (Lipinski definition) is 2. The van der Waals surface area contributed by atoms with Gasteiger partial charge in [-0.1, -0.05) is 40.7 Å². The number of amides is 1. The van der Waals surface area contributed by atoms with E-state index < -0.39 is 16.1 Å². The Morgan fingerprint density at radius 3 is 2.56 bits per heavy atom. The maximum absolute atomic E-state index is 12.2. The lowest BCUT2D eigenvalue weighted by Crippen LogP contribution is -2.24. The molecule has 0 spiro atoms. The first-order chi connectivity index (χ1) is 16.3. The van der Waals surface area contributed by atoms with Crippen LogP contribution in [0.3, 0.4) is 0 Å². The van der Waals surface area contributed by atoms with Gasteiger partial charge in [-0.25, -0.2) is 23.3 Å². The average Bonchev–Trinajstić information content (AvgIpc) is 3.30. The molecule has 0 aliphatic heterocycles. The zero-order chi connectivity index (χ0) is 24.1. The van der Waals surface area contributed by atoms with Crippen LogP contribution >= 0.6 is 0 Å². The van der Waals surface area contributed by atoms with Gasteiger partial charge in [0.05, 0.1) is 11.2 Å². The summed E-state index contributed by atoms with van der Waals surface area (Å²) >= 11 is 0. The molecule has 13 nitrogen and oxygen atoms in total. The lowest BCUT2D eigenvalue weighted by atomic mass is 10.2. The van der Waals surface area contributed by atoms with Crippen molar-refractivity contribution in [2.75, 3.05) is 7.05 Å². The minimum Gasteiger partial charge on any atom is -0.471 e. The first-order valence-corrected chi connectivity index (χ1v) is 11.2. The predicted octanol–water partition coefficient (Wildman–Crippen LogP) is 2.71. The monoisotopic (exact) mass is 482 g/mol. The molecule has 3 N–H and O–H groups in total. The normalized spacial score (nSPS) is 11.6. The highest BCUT2D eigenvalue weighted by Crippen LogP contribution is 2.23. The van der Waals surface area contributed by atoms with Gasteiger partial charge in [-0.15, -0.1) is 0 Å². The van der Waals surface area contributed by atoms with Crippen LogP contribution in [0.1, 0.15) is 5.56 Å². The van der Waals surface area contributed by atoms with E-state index in [0.29, 0.717) is 11.2 Å². The Morgan fingerprint density at radius 2 is 1.85 bits per heavy atom. The Balaban J connectivity index is 1.45. The zero-order valence-electron chi connectivity index (χ0n) is 17.7. The van der Waals surface area contributed by atoms with Crippen LogP contribution in [0.25, 0.3) is 11.2 Å². The number of hydrogen-bond acceptors (Lipinski definition) is 10. The van der Waals surface area contributed by atoms with Gasteiger partial charge in [-0.05, 0) is 29.8 Å². The van der Waals surface area contributed by atoms with Gasteiger partial charge in [0.25, 0.3) is 5.95 Å². The van der Waals surface area contributed by atoms with Crippen molar-refractivity contribution in [3.8, 4) is 11.6 Å². The molecule has 2 heterocycles. The standard InChI is InChI=1S/C20H18N8O5S/c1-28(20(29)33-14-7-9-15(10-8-14)34(21,30)31)27-26-19-24-17-16(22-12-23-17)18(25-19)32-11-13-5-3-2-4-6-13/h2-10,12H,11H2,1H3,(H2,21,30,31)(H,22,23,24,25). The number of carbonyl (C=O) groups is 1. The van der Waals surface area contributed by atoms with Gasteiger partial charge >= 0.3 is 6.09 Å². The van der Waals surface area contributed by atoms with Crippen molar-refractivity contribution in [3.05, 3.63) is 66.5 Å². The number of carbonyl (C=O) groups excluding carboxylic acids is 1. The van der Waals surface area contributed by atoms with E-state index in [4.69, 9.17) is 14.6 Å².